The quantitative estimate of drug-likeness (QED) is 0.805. The lowest BCUT2D eigenvalue weighted by atomic mass is 9.89. The van der Waals surface area contributed by atoms with Gasteiger partial charge in [0.15, 0.2) is 17.5 Å². The lowest BCUT2D eigenvalue weighted by Crippen LogP contribution is -2.44. The maximum Gasteiger partial charge on any atom is 0.330 e. The zero-order chi connectivity index (χ0) is 16.4. The lowest BCUT2D eigenvalue weighted by Gasteiger charge is -2.15. The molecule has 0 spiro atoms. The van der Waals surface area contributed by atoms with E-state index in [0.717, 1.165) is 17.5 Å². The second kappa shape index (κ2) is 6.21. The SMILES string of the molecule is COC(=O)[C@H](CO)NC(=O)c1noc2c1CCc1ccccc1-2. The summed E-state index contributed by atoms with van der Waals surface area (Å²) in [5.41, 5.74) is 2.91. The number of hydrogen-bond acceptors (Lipinski definition) is 6. The van der Waals surface area contributed by atoms with Gasteiger partial charge in [-0.05, 0) is 18.4 Å². The number of aliphatic hydroxyl groups excluding tert-OH is 1. The number of hydrogen-bond donors (Lipinski definition) is 2. The molecule has 120 valence electrons. The minimum atomic E-state index is -1.13. The van der Waals surface area contributed by atoms with Gasteiger partial charge in [0, 0.05) is 11.1 Å². The Bertz CT molecular complexity index is 753. The molecule has 0 saturated heterocycles. The predicted molar refractivity (Wildman–Crippen MR) is 79.7 cm³/mol. The molecule has 1 aliphatic rings. The summed E-state index contributed by atoms with van der Waals surface area (Å²) in [5, 5.41) is 15.4. The van der Waals surface area contributed by atoms with E-state index in [1.54, 1.807) is 0 Å². The number of amides is 1. The molecule has 0 bridgehead atoms. The molecule has 23 heavy (non-hydrogen) atoms. The van der Waals surface area contributed by atoms with E-state index in [4.69, 9.17) is 4.52 Å². The first-order valence-corrected chi connectivity index (χ1v) is 7.22. The highest BCUT2D eigenvalue weighted by Crippen LogP contribution is 2.35. The summed E-state index contributed by atoms with van der Waals surface area (Å²) < 4.78 is 9.87. The van der Waals surface area contributed by atoms with Crippen LogP contribution in [0.15, 0.2) is 28.8 Å². The Hall–Kier alpha value is -2.67. The number of aryl methyl sites for hydroxylation is 1. The van der Waals surface area contributed by atoms with Crippen LogP contribution in [0.4, 0.5) is 0 Å². The molecular weight excluding hydrogens is 300 g/mol. The van der Waals surface area contributed by atoms with Crippen LogP contribution < -0.4 is 5.32 Å². The van der Waals surface area contributed by atoms with Crippen molar-refractivity contribution < 1.29 is 24.0 Å². The summed E-state index contributed by atoms with van der Waals surface area (Å²) in [6.07, 6.45) is 1.41. The number of nitrogens with zero attached hydrogens (tertiary/aromatic N) is 1. The maximum atomic E-state index is 12.3. The number of carbonyl (C=O) groups is 2. The normalized spacial score (nSPS) is 13.7. The van der Waals surface area contributed by atoms with E-state index in [1.807, 2.05) is 24.3 Å². The third kappa shape index (κ3) is 2.70. The van der Waals surface area contributed by atoms with Gasteiger partial charge in [0.25, 0.3) is 5.91 Å². The highest BCUT2D eigenvalue weighted by atomic mass is 16.5. The van der Waals surface area contributed by atoms with E-state index in [0.29, 0.717) is 17.7 Å². The van der Waals surface area contributed by atoms with Crippen LogP contribution in [0.2, 0.25) is 0 Å². The van der Waals surface area contributed by atoms with Gasteiger partial charge in [-0.1, -0.05) is 29.4 Å². The Morgan fingerprint density at radius 1 is 1.39 bits per heavy atom. The zero-order valence-corrected chi connectivity index (χ0v) is 12.5. The first-order valence-electron chi connectivity index (χ1n) is 7.22. The molecule has 1 amide bonds. The summed E-state index contributed by atoms with van der Waals surface area (Å²) in [6, 6.07) is 6.66. The predicted octanol–water partition coefficient (Wildman–Crippen LogP) is 0.704. The van der Waals surface area contributed by atoms with Crippen molar-refractivity contribution in [2.75, 3.05) is 13.7 Å². The number of methoxy groups -OCH3 is 1. The standard InChI is InChI=1S/C16H16N2O5/c1-22-16(21)12(8-19)17-15(20)13-11-7-6-9-4-2-3-5-10(9)14(11)23-18-13/h2-5,12,19H,6-8H2,1H3,(H,17,20)/t12-/m0/s1. The molecule has 1 aromatic heterocycles. The van der Waals surface area contributed by atoms with Crippen LogP contribution in [-0.2, 0) is 22.4 Å². The summed E-state index contributed by atoms with van der Waals surface area (Å²) in [5.74, 6) is -0.710. The molecule has 7 heteroatoms. The Kier molecular flexibility index (Phi) is 4.12. The zero-order valence-electron chi connectivity index (χ0n) is 12.5. The minimum Gasteiger partial charge on any atom is -0.467 e. The molecule has 1 aliphatic carbocycles. The molecule has 0 unspecified atom stereocenters. The van der Waals surface area contributed by atoms with Crippen molar-refractivity contribution in [3.8, 4) is 11.3 Å². The van der Waals surface area contributed by atoms with Crippen molar-refractivity contribution >= 4 is 11.9 Å². The van der Waals surface area contributed by atoms with E-state index in [1.165, 1.54) is 7.11 Å². The number of benzene rings is 1. The van der Waals surface area contributed by atoms with E-state index in [2.05, 4.69) is 15.2 Å². The van der Waals surface area contributed by atoms with Crippen molar-refractivity contribution in [3.05, 3.63) is 41.1 Å². The molecule has 1 atom stereocenters. The van der Waals surface area contributed by atoms with Crippen molar-refractivity contribution in [1.82, 2.24) is 10.5 Å². The monoisotopic (exact) mass is 316 g/mol. The van der Waals surface area contributed by atoms with Crippen molar-refractivity contribution in [2.24, 2.45) is 0 Å². The molecule has 2 aromatic rings. The molecule has 0 fully saturated rings. The summed E-state index contributed by atoms with van der Waals surface area (Å²) >= 11 is 0. The number of aromatic nitrogens is 1. The molecule has 1 heterocycles. The largest absolute Gasteiger partial charge is 0.467 e. The van der Waals surface area contributed by atoms with E-state index in [9.17, 15) is 14.7 Å². The average molecular weight is 316 g/mol. The highest BCUT2D eigenvalue weighted by Gasteiger charge is 2.29. The van der Waals surface area contributed by atoms with Gasteiger partial charge in [-0.3, -0.25) is 4.79 Å². The van der Waals surface area contributed by atoms with Crippen molar-refractivity contribution in [3.63, 3.8) is 0 Å². The second-order valence-corrected chi connectivity index (χ2v) is 5.23. The van der Waals surface area contributed by atoms with Crippen LogP contribution in [0, 0.1) is 0 Å². The third-order valence-corrected chi connectivity index (χ3v) is 3.88. The minimum absolute atomic E-state index is 0.136. The van der Waals surface area contributed by atoms with E-state index >= 15 is 0 Å². The first kappa shape index (κ1) is 15.2. The fourth-order valence-corrected chi connectivity index (χ4v) is 2.70. The Morgan fingerprint density at radius 2 is 2.17 bits per heavy atom. The molecule has 7 nitrogen and oxygen atoms in total. The highest BCUT2D eigenvalue weighted by molar-refractivity contribution is 5.97. The van der Waals surface area contributed by atoms with Gasteiger partial charge in [-0.15, -0.1) is 0 Å². The third-order valence-electron chi connectivity index (χ3n) is 3.88. The number of esters is 1. The number of nitrogens with one attached hydrogen (secondary N) is 1. The molecule has 2 N–H and O–H groups in total. The van der Waals surface area contributed by atoms with Crippen molar-refractivity contribution in [2.45, 2.75) is 18.9 Å². The van der Waals surface area contributed by atoms with Crippen LogP contribution in [0.25, 0.3) is 11.3 Å². The van der Waals surface area contributed by atoms with Crippen LogP contribution in [0.3, 0.4) is 0 Å². The van der Waals surface area contributed by atoms with Crippen LogP contribution in [0.1, 0.15) is 21.6 Å². The molecule has 1 aromatic carbocycles. The summed E-state index contributed by atoms with van der Waals surface area (Å²) in [4.78, 5) is 23.8. The maximum absolute atomic E-state index is 12.3. The molecule has 0 radical (unpaired) electrons. The number of carbonyl (C=O) groups excluding carboxylic acids is 2. The summed E-state index contributed by atoms with van der Waals surface area (Å²) in [7, 11) is 1.19. The Morgan fingerprint density at radius 3 is 2.91 bits per heavy atom. The van der Waals surface area contributed by atoms with Gasteiger partial charge < -0.3 is 19.7 Å². The number of aliphatic hydroxyl groups is 1. The smallest absolute Gasteiger partial charge is 0.330 e. The fourth-order valence-electron chi connectivity index (χ4n) is 2.70. The number of rotatable bonds is 4. The number of ether oxygens (including phenoxy) is 1. The Balaban J connectivity index is 1.88. The fraction of sp³-hybridized carbons (Fsp3) is 0.312. The van der Waals surface area contributed by atoms with Crippen LogP contribution in [-0.4, -0.2) is 41.9 Å². The Labute approximate surface area is 132 Å². The topological polar surface area (TPSA) is 102 Å². The van der Waals surface area contributed by atoms with Gasteiger partial charge in [0.2, 0.25) is 0 Å². The lowest BCUT2D eigenvalue weighted by molar-refractivity contribution is -0.143. The van der Waals surface area contributed by atoms with Gasteiger partial charge in [0.05, 0.1) is 13.7 Å². The van der Waals surface area contributed by atoms with E-state index < -0.39 is 24.5 Å². The van der Waals surface area contributed by atoms with Gasteiger partial charge in [0.1, 0.15) is 0 Å². The molecule has 0 aliphatic heterocycles. The van der Waals surface area contributed by atoms with Crippen molar-refractivity contribution in [1.29, 1.82) is 0 Å². The van der Waals surface area contributed by atoms with Crippen LogP contribution >= 0.6 is 0 Å². The van der Waals surface area contributed by atoms with Gasteiger partial charge in [-0.2, -0.15) is 0 Å². The van der Waals surface area contributed by atoms with E-state index in [-0.39, 0.29) is 5.69 Å². The average Bonchev–Trinajstić information content (AvgIpc) is 3.03. The molecule has 0 saturated carbocycles. The van der Waals surface area contributed by atoms with Gasteiger partial charge >= 0.3 is 5.97 Å². The number of fused-ring (bicyclic) bond motifs is 3. The molecule has 3 rings (SSSR count). The molecular formula is C16H16N2O5. The van der Waals surface area contributed by atoms with Gasteiger partial charge in [-0.25, -0.2) is 4.79 Å². The van der Waals surface area contributed by atoms with Crippen LogP contribution in [0.5, 0.6) is 0 Å². The second-order valence-electron chi connectivity index (χ2n) is 5.23. The first-order chi connectivity index (χ1) is 11.2. The summed E-state index contributed by atoms with van der Waals surface area (Å²) in [6.45, 7) is -0.554.